The number of rotatable bonds is 6. The number of aromatic amines is 1. The average Bonchev–Trinajstić information content (AvgIpc) is 3.04. The minimum atomic E-state index is -0.717. The molecule has 6 heteroatoms. The van der Waals surface area contributed by atoms with E-state index < -0.39 is 6.10 Å². The minimum Gasteiger partial charge on any atom is -0.481 e. The van der Waals surface area contributed by atoms with E-state index in [1.807, 2.05) is 38.1 Å². The van der Waals surface area contributed by atoms with Gasteiger partial charge in [0.15, 0.2) is 6.10 Å². The van der Waals surface area contributed by atoms with Crippen LogP contribution in [0.1, 0.15) is 32.6 Å². The maximum Gasteiger partial charge on any atom is 0.261 e. The fourth-order valence-corrected chi connectivity index (χ4v) is 2.71. The third-order valence-electron chi connectivity index (χ3n) is 4.16. The number of carbonyl (C=O) groups excluding carboxylic acids is 1. The molecule has 0 aliphatic rings. The second-order valence-corrected chi connectivity index (χ2v) is 6.58. The van der Waals surface area contributed by atoms with Crippen LogP contribution in [0.3, 0.4) is 0 Å². The van der Waals surface area contributed by atoms with Gasteiger partial charge in [0.2, 0.25) is 0 Å². The highest BCUT2D eigenvalue weighted by Gasteiger charge is 2.25. The molecule has 5 nitrogen and oxygen atoms in total. The van der Waals surface area contributed by atoms with Crippen molar-refractivity contribution in [2.45, 2.75) is 32.9 Å². The molecule has 1 aromatic heterocycles. The smallest absolute Gasteiger partial charge is 0.261 e. The molecule has 3 aromatic rings. The van der Waals surface area contributed by atoms with Gasteiger partial charge in [-0.05, 0) is 49.2 Å². The number of halogens is 1. The highest BCUT2D eigenvalue weighted by molar-refractivity contribution is 5.81. The molecule has 0 bridgehead atoms. The number of amides is 1. The molecule has 0 saturated carbocycles. The summed E-state index contributed by atoms with van der Waals surface area (Å²) in [5.41, 5.74) is 1.79. The van der Waals surface area contributed by atoms with Crippen LogP contribution in [0.2, 0.25) is 0 Å². The Morgan fingerprint density at radius 2 is 1.81 bits per heavy atom. The first-order valence-electron chi connectivity index (χ1n) is 8.61. The van der Waals surface area contributed by atoms with Gasteiger partial charge in [0.25, 0.3) is 5.91 Å². The van der Waals surface area contributed by atoms with Gasteiger partial charge in [-0.25, -0.2) is 9.37 Å². The lowest BCUT2D eigenvalue weighted by atomic mass is 10.0. The third-order valence-corrected chi connectivity index (χ3v) is 4.16. The molecule has 2 N–H and O–H groups in total. The molecule has 0 fully saturated rings. The van der Waals surface area contributed by atoms with E-state index >= 15 is 0 Å². The Balaban J connectivity index is 1.72. The monoisotopic (exact) mass is 355 g/mol. The number of nitrogens with zero attached hydrogens (tertiary/aromatic N) is 1. The number of H-pyrrole nitrogens is 1. The summed E-state index contributed by atoms with van der Waals surface area (Å²) in [5.74, 6) is 0.688. The zero-order valence-corrected chi connectivity index (χ0v) is 15.0. The molecule has 0 radical (unpaired) electrons. The van der Waals surface area contributed by atoms with E-state index in [4.69, 9.17) is 4.74 Å². The topological polar surface area (TPSA) is 67.0 Å². The molecule has 0 spiro atoms. The molecule has 1 heterocycles. The summed E-state index contributed by atoms with van der Waals surface area (Å²) in [6.07, 6.45) is -0.717. The molecule has 3 rings (SSSR count). The largest absolute Gasteiger partial charge is 0.481 e. The maximum atomic E-state index is 13.0. The van der Waals surface area contributed by atoms with Crippen molar-refractivity contribution in [1.29, 1.82) is 0 Å². The summed E-state index contributed by atoms with van der Waals surface area (Å²) >= 11 is 0. The zero-order chi connectivity index (χ0) is 18.7. The quantitative estimate of drug-likeness (QED) is 0.703. The van der Waals surface area contributed by atoms with Crippen LogP contribution in [-0.4, -0.2) is 22.0 Å². The maximum absolute atomic E-state index is 13.0. The number of para-hydroxylation sites is 2. The van der Waals surface area contributed by atoms with E-state index in [2.05, 4.69) is 15.3 Å². The van der Waals surface area contributed by atoms with Crippen LogP contribution in [0, 0.1) is 11.7 Å². The SMILES string of the molecule is CC(C)[C@@H](NC(=O)[C@@H](C)Oc1ccc(F)cc1)c1nc2ccccc2[nH]1. The number of imidazole rings is 1. The Morgan fingerprint density at radius 3 is 2.46 bits per heavy atom. The lowest BCUT2D eigenvalue weighted by molar-refractivity contribution is -0.128. The Bertz CT molecular complexity index is 856. The van der Waals surface area contributed by atoms with Crippen LogP contribution in [-0.2, 0) is 4.79 Å². The van der Waals surface area contributed by atoms with Crippen molar-refractivity contribution in [3.63, 3.8) is 0 Å². The van der Waals surface area contributed by atoms with Crippen molar-refractivity contribution in [1.82, 2.24) is 15.3 Å². The Hall–Kier alpha value is -2.89. The van der Waals surface area contributed by atoms with Crippen molar-refractivity contribution in [3.8, 4) is 5.75 Å². The first-order valence-corrected chi connectivity index (χ1v) is 8.61. The van der Waals surface area contributed by atoms with Crippen molar-refractivity contribution < 1.29 is 13.9 Å². The first-order chi connectivity index (χ1) is 12.4. The number of benzene rings is 2. The standard InChI is InChI=1S/C20H22FN3O2/c1-12(2)18(19-22-16-6-4-5-7-17(16)23-19)24-20(25)13(3)26-15-10-8-14(21)9-11-15/h4-13,18H,1-3H3,(H,22,23)(H,24,25)/t13-,18-/m1/s1. The van der Waals surface area contributed by atoms with Gasteiger partial charge in [0.1, 0.15) is 17.4 Å². The van der Waals surface area contributed by atoms with Gasteiger partial charge < -0.3 is 15.0 Å². The minimum absolute atomic E-state index is 0.137. The van der Waals surface area contributed by atoms with Crippen LogP contribution in [0.15, 0.2) is 48.5 Å². The molecule has 0 unspecified atom stereocenters. The molecular weight excluding hydrogens is 333 g/mol. The normalized spacial score (nSPS) is 13.6. The third kappa shape index (κ3) is 4.02. The first kappa shape index (κ1) is 17.9. The Kier molecular flexibility index (Phi) is 5.21. The lowest BCUT2D eigenvalue weighted by Crippen LogP contribution is -2.40. The van der Waals surface area contributed by atoms with Crippen molar-refractivity contribution in [3.05, 3.63) is 60.2 Å². The molecule has 2 atom stereocenters. The van der Waals surface area contributed by atoms with Gasteiger partial charge >= 0.3 is 0 Å². The number of ether oxygens (including phenoxy) is 1. The van der Waals surface area contributed by atoms with Gasteiger partial charge in [0, 0.05) is 0 Å². The number of hydrogen-bond acceptors (Lipinski definition) is 3. The number of carbonyl (C=O) groups is 1. The average molecular weight is 355 g/mol. The van der Waals surface area contributed by atoms with Crippen molar-refractivity contribution >= 4 is 16.9 Å². The number of fused-ring (bicyclic) bond motifs is 1. The van der Waals surface area contributed by atoms with E-state index in [0.717, 1.165) is 11.0 Å². The highest BCUT2D eigenvalue weighted by atomic mass is 19.1. The Morgan fingerprint density at radius 1 is 1.12 bits per heavy atom. The van der Waals surface area contributed by atoms with Crippen LogP contribution in [0.4, 0.5) is 4.39 Å². The van der Waals surface area contributed by atoms with E-state index in [0.29, 0.717) is 11.6 Å². The number of aromatic nitrogens is 2. The zero-order valence-electron chi connectivity index (χ0n) is 15.0. The second-order valence-electron chi connectivity index (χ2n) is 6.58. The number of hydrogen-bond donors (Lipinski definition) is 2. The van der Waals surface area contributed by atoms with Crippen LogP contribution in [0.5, 0.6) is 5.75 Å². The van der Waals surface area contributed by atoms with E-state index in [9.17, 15) is 9.18 Å². The van der Waals surface area contributed by atoms with Gasteiger partial charge in [-0.15, -0.1) is 0 Å². The molecule has 0 aliphatic carbocycles. The predicted molar refractivity (Wildman–Crippen MR) is 98.3 cm³/mol. The summed E-state index contributed by atoms with van der Waals surface area (Å²) in [4.78, 5) is 20.4. The van der Waals surface area contributed by atoms with Gasteiger partial charge in [-0.2, -0.15) is 0 Å². The van der Waals surface area contributed by atoms with Gasteiger partial charge in [-0.1, -0.05) is 26.0 Å². The van der Waals surface area contributed by atoms with Crippen molar-refractivity contribution in [2.75, 3.05) is 0 Å². The Labute approximate surface area is 151 Å². The predicted octanol–water partition coefficient (Wildman–Crippen LogP) is 3.98. The molecule has 0 aliphatic heterocycles. The lowest BCUT2D eigenvalue weighted by Gasteiger charge is -2.23. The van der Waals surface area contributed by atoms with E-state index in [1.54, 1.807) is 6.92 Å². The molecule has 0 saturated heterocycles. The molecule has 26 heavy (non-hydrogen) atoms. The van der Waals surface area contributed by atoms with Crippen LogP contribution >= 0.6 is 0 Å². The molecule has 136 valence electrons. The molecular formula is C20H22FN3O2. The summed E-state index contributed by atoms with van der Waals surface area (Å²) < 4.78 is 18.6. The van der Waals surface area contributed by atoms with Crippen LogP contribution < -0.4 is 10.1 Å². The van der Waals surface area contributed by atoms with Crippen LogP contribution in [0.25, 0.3) is 11.0 Å². The fourth-order valence-electron chi connectivity index (χ4n) is 2.71. The summed E-state index contributed by atoms with van der Waals surface area (Å²) in [7, 11) is 0. The van der Waals surface area contributed by atoms with Gasteiger partial charge in [0.05, 0.1) is 17.1 Å². The summed E-state index contributed by atoms with van der Waals surface area (Å²) in [5, 5.41) is 2.99. The van der Waals surface area contributed by atoms with E-state index in [1.165, 1.54) is 24.3 Å². The molecule has 2 aromatic carbocycles. The van der Waals surface area contributed by atoms with Gasteiger partial charge in [-0.3, -0.25) is 4.79 Å². The summed E-state index contributed by atoms with van der Waals surface area (Å²) in [6, 6.07) is 13.1. The highest BCUT2D eigenvalue weighted by Crippen LogP contribution is 2.22. The molecule has 1 amide bonds. The second kappa shape index (κ2) is 7.56. The van der Waals surface area contributed by atoms with E-state index in [-0.39, 0.29) is 23.7 Å². The summed E-state index contributed by atoms with van der Waals surface area (Å²) in [6.45, 7) is 5.70. The van der Waals surface area contributed by atoms with Crippen molar-refractivity contribution in [2.24, 2.45) is 5.92 Å². The fraction of sp³-hybridized carbons (Fsp3) is 0.300. The number of nitrogens with one attached hydrogen (secondary N) is 2.